The van der Waals surface area contributed by atoms with E-state index >= 15 is 0 Å². The molecule has 0 unspecified atom stereocenters. The molecule has 0 saturated heterocycles. The number of nitrogens with zero attached hydrogens (tertiary/aromatic N) is 1. The van der Waals surface area contributed by atoms with E-state index in [0.717, 1.165) is 0 Å². The van der Waals surface area contributed by atoms with Gasteiger partial charge in [-0.15, -0.1) is 0 Å². The van der Waals surface area contributed by atoms with Gasteiger partial charge in [0.05, 0.1) is 7.11 Å². The lowest BCUT2D eigenvalue weighted by atomic mass is 9.96. The van der Waals surface area contributed by atoms with Crippen molar-refractivity contribution in [3.05, 3.63) is 5.21 Å². The standard InChI is InChI=1S/C9H19NO4Si/c1-9(2,8(11)13-3)7-10(12)14-15(4,5)6/h7H,1-6H3/b10-7+. The normalized spacial score (nSPS) is 13.6. The average Bonchev–Trinajstić information content (AvgIpc) is 1.97. The topological polar surface area (TPSA) is 61.6 Å². The number of methoxy groups -OCH3 is 1. The van der Waals surface area contributed by atoms with Crippen LogP contribution >= 0.6 is 0 Å². The number of hydrogen-bond donors (Lipinski definition) is 0. The van der Waals surface area contributed by atoms with Gasteiger partial charge in [-0.2, -0.15) is 0 Å². The summed E-state index contributed by atoms with van der Waals surface area (Å²) < 4.78 is 9.69. The summed E-state index contributed by atoms with van der Waals surface area (Å²) in [7, 11) is -0.651. The predicted octanol–water partition coefficient (Wildman–Crippen LogP) is 1.53. The summed E-state index contributed by atoms with van der Waals surface area (Å²) in [5, 5.41) is 11.4. The van der Waals surface area contributed by atoms with Gasteiger partial charge in [0, 0.05) is 4.90 Å². The van der Waals surface area contributed by atoms with Crippen LogP contribution in [0, 0.1) is 10.6 Å². The molecule has 0 N–H and O–H groups in total. The molecule has 0 rings (SSSR count). The van der Waals surface area contributed by atoms with Crippen LogP contribution in [0.15, 0.2) is 0 Å². The Kier molecular flexibility index (Phi) is 4.33. The summed E-state index contributed by atoms with van der Waals surface area (Å²) in [5.74, 6) is -0.470. The van der Waals surface area contributed by atoms with Gasteiger partial charge in [-0.05, 0) is 13.8 Å². The predicted molar refractivity (Wildman–Crippen MR) is 59.9 cm³/mol. The fourth-order valence-electron chi connectivity index (χ4n) is 0.876. The van der Waals surface area contributed by atoms with E-state index in [2.05, 4.69) is 4.74 Å². The summed E-state index contributed by atoms with van der Waals surface area (Å²) >= 11 is 0. The maximum Gasteiger partial charge on any atom is 0.321 e. The van der Waals surface area contributed by atoms with E-state index in [1.807, 2.05) is 19.6 Å². The van der Waals surface area contributed by atoms with Gasteiger partial charge in [-0.3, -0.25) is 10.0 Å². The van der Waals surface area contributed by atoms with Gasteiger partial charge in [0.2, 0.25) is 6.21 Å². The minimum absolute atomic E-state index is 0.364. The van der Waals surface area contributed by atoms with E-state index in [-0.39, 0.29) is 0 Å². The molecule has 5 nitrogen and oxygen atoms in total. The molecule has 0 aliphatic carbocycles. The molecular formula is C9H19NO4Si. The van der Waals surface area contributed by atoms with Gasteiger partial charge in [-0.25, -0.2) is 0 Å². The van der Waals surface area contributed by atoms with Crippen LogP contribution < -0.4 is 0 Å². The van der Waals surface area contributed by atoms with Crippen molar-refractivity contribution in [3.8, 4) is 0 Å². The molecule has 0 aromatic carbocycles. The summed E-state index contributed by atoms with van der Waals surface area (Å²) in [6.07, 6.45) is 1.18. The summed E-state index contributed by atoms with van der Waals surface area (Å²) in [6.45, 7) is 8.85. The highest BCUT2D eigenvalue weighted by Crippen LogP contribution is 2.14. The largest absolute Gasteiger partial charge is 0.468 e. The highest BCUT2D eigenvalue weighted by molar-refractivity contribution is 6.69. The molecule has 0 fully saturated rings. The van der Waals surface area contributed by atoms with E-state index < -0.39 is 19.7 Å². The quantitative estimate of drug-likeness (QED) is 0.243. The highest BCUT2D eigenvalue weighted by atomic mass is 28.4. The Morgan fingerprint density at radius 2 is 1.87 bits per heavy atom. The lowest BCUT2D eigenvalue weighted by Gasteiger charge is -2.21. The second-order valence-electron chi connectivity index (χ2n) is 4.83. The molecule has 0 aliphatic rings. The zero-order valence-electron chi connectivity index (χ0n) is 10.2. The average molecular weight is 233 g/mol. The second-order valence-corrected chi connectivity index (χ2v) is 9.24. The minimum atomic E-state index is -1.93. The molecule has 6 heteroatoms. The Morgan fingerprint density at radius 3 is 2.20 bits per heavy atom. The van der Waals surface area contributed by atoms with Crippen molar-refractivity contribution in [3.63, 3.8) is 0 Å². The van der Waals surface area contributed by atoms with Gasteiger partial charge >= 0.3 is 5.97 Å². The van der Waals surface area contributed by atoms with Crippen molar-refractivity contribution >= 4 is 20.5 Å². The molecule has 88 valence electrons. The summed E-state index contributed by atoms with van der Waals surface area (Å²) in [4.78, 5) is 11.6. The Balaban J connectivity index is 4.67. The van der Waals surface area contributed by atoms with Crippen molar-refractivity contribution in [2.24, 2.45) is 5.41 Å². The van der Waals surface area contributed by atoms with E-state index in [1.54, 1.807) is 13.8 Å². The summed E-state index contributed by atoms with van der Waals surface area (Å²) in [5.41, 5.74) is -0.976. The molecule has 0 spiro atoms. The maximum absolute atomic E-state index is 11.4. The lowest BCUT2D eigenvalue weighted by molar-refractivity contribution is -0.702. The number of rotatable bonds is 4. The molecule has 0 radical (unpaired) electrons. The van der Waals surface area contributed by atoms with Crippen LogP contribution in [0.1, 0.15) is 13.8 Å². The Hall–Kier alpha value is -1.04. The van der Waals surface area contributed by atoms with Gasteiger partial charge in [0.1, 0.15) is 5.41 Å². The number of esters is 1. The van der Waals surface area contributed by atoms with Crippen LogP contribution in [-0.4, -0.2) is 32.5 Å². The van der Waals surface area contributed by atoms with Crippen molar-refractivity contribution in [1.29, 1.82) is 0 Å². The van der Waals surface area contributed by atoms with E-state index in [9.17, 15) is 10.0 Å². The van der Waals surface area contributed by atoms with Gasteiger partial charge in [-0.1, -0.05) is 19.6 Å². The number of hydrogen-bond acceptors (Lipinski definition) is 4. The Morgan fingerprint density at radius 1 is 1.40 bits per heavy atom. The van der Waals surface area contributed by atoms with Crippen LogP contribution in [0.3, 0.4) is 0 Å². The first-order chi connectivity index (χ1) is 6.58. The van der Waals surface area contributed by atoms with E-state index in [4.69, 9.17) is 4.53 Å². The first kappa shape index (κ1) is 14.0. The van der Waals surface area contributed by atoms with Gasteiger partial charge < -0.3 is 9.26 Å². The molecule has 15 heavy (non-hydrogen) atoms. The van der Waals surface area contributed by atoms with Crippen molar-refractivity contribution < 1.29 is 19.0 Å². The van der Waals surface area contributed by atoms with Crippen LogP contribution in [0.2, 0.25) is 19.6 Å². The first-order valence-corrected chi connectivity index (χ1v) is 8.09. The monoisotopic (exact) mass is 233 g/mol. The molecular weight excluding hydrogens is 214 g/mol. The third-order valence-corrected chi connectivity index (χ3v) is 2.23. The van der Waals surface area contributed by atoms with Gasteiger partial charge in [0.15, 0.2) is 8.32 Å². The van der Waals surface area contributed by atoms with Crippen molar-refractivity contribution in [2.75, 3.05) is 7.11 Å². The summed E-state index contributed by atoms with van der Waals surface area (Å²) in [6, 6.07) is 0. The van der Waals surface area contributed by atoms with Crippen molar-refractivity contribution in [2.45, 2.75) is 33.5 Å². The smallest absolute Gasteiger partial charge is 0.321 e. The fraction of sp³-hybridized carbons (Fsp3) is 0.778. The molecule has 0 amide bonds. The Bertz CT molecular complexity index is 268. The molecule has 0 bridgehead atoms. The Labute approximate surface area is 91.4 Å². The third-order valence-electron chi connectivity index (χ3n) is 1.50. The molecule has 0 aromatic heterocycles. The number of carbonyl (C=O) groups excluding carboxylic acids is 1. The lowest BCUT2D eigenvalue weighted by Crippen LogP contribution is -2.35. The van der Waals surface area contributed by atoms with Crippen molar-refractivity contribution in [1.82, 2.24) is 0 Å². The molecule has 0 heterocycles. The van der Waals surface area contributed by atoms with Crippen LogP contribution in [0.4, 0.5) is 0 Å². The fourth-order valence-corrected chi connectivity index (χ4v) is 1.47. The number of ether oxygens (including phenoxy) is 1. The number of carbonyl (C=O) groups is 1. The van der Waals surface area contributed by atoms with Crippen LogP contribution in [-0.2, 0) is 14.1 Å². The zero-order valence-corrected chi connectivity index (χ0v) is 11.2. The third kappa shape index (κ3) is 5.41. The molecule has 0 aromatic rings. The first-order valence-electron chi connectivity index (χ1n) is 4.68. The molecule has 0 aliphatic heterocycles. The minimum Gasteiger partial charge on any atom is -0.468 e. The van der Waals surface area contributed by atoms with Crippen LogP contribution in [0.25, 0.3) is 0 Å². The SMILES string of the molecule is COC(=O)C(C)(C)/C=[N+](\[O-])O[Si](C)(C)C. The molecule has 0 saturated carbocycles. The van der Waals surface area contributed by atoms with Crippen LogP contribution in [0.5, 0.6) is 0 Å². The zero-order chi connectivity index (χ0) is 12.3. The van der Waals surface area contributed by atoms with Gasteiger partial charge in [0.25, 0.3) is 0 Å². The highest BCUT2D eigenvalue weighted by Gasteiger charge is 2.32. The molecule has 0 atom stereocenters. The van der Waals surface area contributed by atoms with E-state index in [0.29, 0.717) is 4.90 Å². The maximum atomic E-state index is 11.4. The van der Waals surface area contributed by atoms with E-state index in [1.165, 1.54) is 13.3 Å². The second kappa shape index (κ2) is 4.65.